The van der Waals surface area contributed by atoms with Gasteiger partial charge >= 0.3 is 0 Å². The van der Waals surface area contributed by atoms with Crippen LogP contribution in [0.4, 0.5) is 11.4 Å². The maximum atomic E-state index is 13.2. The number of ether oxygens (including phenoxy) is 1. The Bertz CT molecular complexity index is 1110. The van der Waals surface area contributed by atoms with Crippen molar-refractivity contribution in [2.24, 2.45) is 0 Å². The lowest BCUT2D eigenvalue weighted by Gasteiger charge is -2.27. The summed E-state index contributed by atoms with van der Waals surface area (Å²) in [4.78, 5) is 15.4. The lowest BCUT2D eigenvalue weighted by Crippen LogP contribution is -2.40. The SMILES string of the molecule is N#Cc1cccc(NC(=O)c2cc(S(=O)(=O)N3CCOCC3)ccc2N2CCCC2)c1. The molecule has 2 saturated heterocycles. The number of sulfonamides is 1. The van der Waals surface area contributed by atoms with Crippen LogP contribution in [0.25, 0.3) is 0 Å². The van der Waals surface area contributed by atoms with E-state index < -0.39 is 15.9 Å². The number of anilines is 2. The lowest BCUT2D eigenvalue weighted by atomic mass is 10.1. The van der Waals surface area contributed by atoms with Crippen molar-refractivity contribution in [3.8, 4) is 6.07 Å². The molecule has 2 heterocycles. The van der Waals surface area contributed by atoms with Crippen LogP contribution >= 0.6 is 0 Å². The van der Waals surface area contributed by atoms with Crippen LogP contribution in [0.1, 0.15) is 28.8 Å². The third-order valence-corrected chi connectivity index (χ3v) is 7.41. The highest BCUT2D eigenvalue weighted by atomic mass is 32.2. The van der Waals surface area contributed by atoms with Gasteiger partial charge in [0, 0.05) is 37.6 Å². The topological polar surface area (TPSA) is 103 Å². The van der Waals surface area contributed by atoms with Crippen molar-refractivity contribution in [1.29, 1.82) is 5.26 Å². The quantitative estimate of drug-likeness (QED) is 0.766. The normalized spacial score (nSPS) is 17.3. The van der Waals surface area contributed by atoms with E-state index in [1.54, 1.807) is 36.4 Å². The van der Waals surface area contributed by atoms with Gasteiger partial charge in [-0.05, 0) is 49.2 Å². The number of hydrogen-bond acceptors (Lipinski definition) is 6. The van der Waals surface area contributed by atoms with Gasteiger partial charge in [0.1, 0.15) is 0 Å². The van der Waals surface area contributed by atoms with Crippen LogP contribution in [0.5, 0.6) is 0 Å². The molecular weight excluding hydrogens is 416 g/mol. The molecule has 162 valence electrons. The number of rotatable bonds is 5. The molecule has 0 unspecified atom stereocenters. The van der Waals surface area contributed by atoms with Gasteiger partial charge in [0.25, 0.3) is 5.91 Å². The second-order valence-electron chi connectivity index (χ2n) is 7.54. The zero-order valence-corrected chi connectivity index (χ0v) is 17.9. The zero-order chi connectivity index (χ0) is 21.8. The Morgan fingerprint density at radius 2 is 1.77 bits per heavy atom. The average Bonchev–Trinajstić information content (AvgIpc) is 3.34. The first-order valence-corrected chi connectivity index (χ1v) is 11.7. The molecule has 2 aliphatic rings. The highest BCUT2D eigenvalue weighted by Crippen LogP contribution is 2.29. The number of amides is 1. The van der Waals surface area contributed by atoms with Gasteiger partial charge in [0.15, 0.2) is 0 Å². The number of nitriles is 1. The van der Waals surface area contributed by atoms with Crippen molar-refractivity contribution >= 4 is 27.3 Å². The summed E-state index contributed by atoms with van der Waals surface area (Å²) in [7, 11) is -3.73. The lowest BCUT2D eigenvalue weighted by molar-refractivity contribution is 0.0730. The Kier molecular flexibility index (Phi) is 6.23. The number of hydrogen-bond donors (Lipinski definition) is 1. The van der Waals surface area contributed by atoms with Crippen LogP contribution in [0.15, 0.2) is 47.4 Å². The summed E-state index contributed by atoms with van der Waals surface area (Å²) < 4.78 is 32.9. The number of benzene rings is 2. The van der Waals surface area contributed by atoms with E-state index in [9.17, 15) is 13.2 Å². The Morgan fingerprint density at radius 1 is 1.03 bits per heavy atom. The van der Waals surface area contributed by atoms with Crippen molar-refractivity contribution in [3.63, 3.8) is 0 Å². The molecule has 0 saturated carbocycles. The molecule has 0 aliphatic carbocycles. The smallest absolute Gasteiger partial charge is 0.257 e. The molecule has 4 rings (SSSR count). The minimum absolute atomic E-state index is 0.0910. The van der Waals surface area contributed by atoms with Gasteiger partial charge in [-0.15, -0.1) is 0 Å². The zero-order valence-electron chi connectivity index (χ0n) is 17.1. The molecule has 0 atom stereocenters. The molecule has 2 aromatic rings. The second-order valence-corrected chi connectivity index (χ2v) is 9.47. The third kappa shape index (κ3) is 4.56. The maximum Gasteiger partial charge on any atom is 0.257 e. The molecule has 1 amide bonds. The summed E-state index contributed by atoms with van der Waals surface area (Å²) in [6.45, 7) is 2.93. The van der Waals surface area contributed by atoms with Crippen molar-refractivity contribution in [2.45, 2.75) is 17.7 Å². The molecule has 0 aromatic heterocycles. The van der Waals surface area contributed by atoms with E-state index in [0.29, 0.717) is 48.8 Å². The summed E-state index contributed by atoms with van der Waals surface area (Å²) in [6.07, 6.45) is 2.05. The van der Waals surface area contributed by atoms with Gasteiger partial charge in [-0.25, -0.2) is 8.42 Å². The second kappa shape index (κ2) is 9.06. The van der Waals surface area contributed by atoms with Crippen molar-refractivity contribution < 1.29 is 17.9 Å². The Morgan fingerprint density at radius 3 is 2.48 bits per heavy atom. The van der Waals surface area contributed by atoms with Crippen LogP contribution in [-0.2, 0) is 14.8 Å². The molecule has 2 aromatic carbocycles. The molecule has 2 aliphatic heterocycles. The summed E-state index contributed by atoms with van der Waals surface area (Å²) in [5.74, 6) is -0.406. The predicted molar refractivity (Wildman–Crippen MR) is 117 cm³/mol. The number of nitrogens with one attached hydrogen (secondary N) is 1. The summed E-state index contributed by atoms with van der Waals surface area (Å²) >= 11 is 0. The number of morpholine rings is 1. The van der Waals surface area contributed by atoms with Gasteiger partial charge in [-0.2, -0.15) is 9.57 Å². The molecule has 8 nitrogen and oxygen atoms in total. The number of carbonyl (C=O) groups is 1. The van der Waals surface area contributed by atoms with Gasteiger partial charge < -0.3 is 15.0 Å². The van der Waals surface area contributed by atoms with Crippen molar-refractivity contribution in [3.05, 3.63) is 53.6 Å². The summed E-state index contributed by atoms with van der Waals surface area (Å²) in [5, 5.41) is 11.9. The van der Waals surface area contributed by atoms with Gasteiger partial charge in [-0.3, -0.25) is 4.79 Å². The van der Waals surface area contributed by atoms with E-state index >= 15 is 0 Å². The fourth-order valence-electron chi connectivity index (χ4n) is 3.89. The standard InChI is InChI=1S/C22H24N4O4S/c23-16-17-4-3-5-18(14-17)24-22(27)20-15-19(6-7-21(20)25-8-1-2-9-25)31(28,29)26-10-12-30-13-11-26/h3-7,14-15H,1-2,8-13H2,(H,24,27). The van der Waals surface area contributed by atoms with Crippen LogP contribution in [0.3, 0.4) is 0 Å². The number of carbonyl (C=O) groups excluding carboxylic acids is 1. The first kappa shape index (κ1) is 21.3. The highest BCUT2D eigenvalue weighted by Gasteiger charge is 2.29. The molecule has 0 radical (unpaired) electrons. The van der Waals surface area contributed by atoms with Crippen molar-refractivity contribution in [1.82, 2.24) is 4.31 Å². The summed E-state index contributed by atoms with van der Waals surface area (Å²) in [6, 6.07) is 13.4. The van der Waals surface area contributed by atoms with E-state index in [0.717, 1.165) is 25.9 Å². The van der Waals surface area contributed by atoms with Crippen LogP contribution < -0.4 is 10.2 Å². The Balaban J connectivity index is 1.70. The molecule has 0 spiro atoms. The monoisotopic (exact) mass is 440 g/mol. The fourth-order valence-corrected chi connectivity index (χ4v) is 5.33. The largest absolute Gasteiger partial charge is 0.379 e. The van der Waals surface area contributed by atoms with Crippen LogP contribution in [0.2, 0.25) is 0 Å². The van der Waals surface area contributed by atoms with E-state index in [1.807, 2.05) is 6.07 Å². The predicted octanol–water partition coefficient (Wildman–Crippen LogP) is 2.43. The average molecular weight is 441 g/mol. The summed E-state index contributed by atoms with van der Waals surface area (Å²) in [5.41, 5.74) is 1.94. The third-order valence-electron chi connectivity index (χ3n) is 5.52. The minimum Gasteiger partial charge on any atom is -0.379 e. The first-order valence-electron chi connectivity index (χ1n) is 10.3. The van der Waals surface area contributed by atoms with Crippen LogP contribution in [0, 0.1) is 11.3 Å². The molecule has 31 heavy (non-hydrogen) atoms. The Hall–Kier alpha value is -2.93. The molecule has 9 heteroatoms. The van der Waals surface area contributed by atoms with E-state index in [4.69, 9.17) is 10.00 Å². The van der Waals surface area contributed by atoms with E-state index in [1.165, 1.54) is 10.4 Å². The fraction of sp³-hybridized carbons (Fsp3) is 0.364. The highest BCUT2D eigenvalue weighted by molar-refractivity contribution is 7.89. The van der Waals surface area contributed by atoms with E-state index in [-0.39, 0.29) is 4.90 Å². The van der Waals surface area contributed by atoms with Crippen molar-refractivity contribution in [2.75, 3.05) is 49.6 Å². The first-order chi connectivity index (χ1) is 15.0. The number of nitrogens with zero attached hydrogens (tertiary/aromatic N) is 3. The van der Waals surface area contributed by atoms with Gasteiger partial charge in [-0.1, -0.05) is 6.07 Å². The molecular formula is C22H24N4O4S. The molecule has 1 N–H and O–H groups in total. The maximum absolute atomic E-state index is 13.2. The van der Waals surface area contributed by atoms with E-state index in [2.05, 4.69) is 10.2 Å². The minimum atomic E-state index is -3.73. The van der Waals surface area contributed by atoms with Gasteiger partial charge in [0.2, 0.25) is 10.0 Å². The Labute approximate surface area is 182 Å². The molecule has 2 fully saturated rings. The van der Waals surface area contributed by atoms with Gasteiger partial charge in [0.05, 0.1) is 35.3 Å². The van der Waals surface area contributed by atoms with Crippen LogP contribution in [-0.4, -0.2) is 58.0 Å². The molecule has 0 bridgehead atoms.